The second-order valence-electron chi connectivity index (χ2n) is 4.58. The van der Waals surface area contributed by atoms with Crippen LogP contribution in [0.2, 0.25) is 0 Å². The number of nitrogens with one attached hydrogen (secondary N) is 3. The van der Waals surface area contributed by atoms with E-state index in [1.54, 1.807) is 0 Å². The molecule has 106 valence electrons. The predicted molar refractivity (Wildman–Crippen MR) is 62.6 cm³/mol. The normalized spacial score (nSPS) is 23.6. The van der Waals surface area contributed by atoms with E-state index in [0.717, 1.165) is 0 Å². The average Bonchev–Trinajstić information content (AvgIpc) is 2.96. The highest BCUT2D eigenvalue weighted by molar-refractivity contribution is 5.96. The summed E-state index contributed by atoms with van der Waals surface area (Å²) in [6.45, 7) is 1.62. The zero-order valence-electron chi connectivity index (χ0n) is 10.4. The molecule has 19 heavy (non-hydrogen) atoms. The number of aromatic amines is 1. The quantitative estimate of drug-likeness (QED) is 0.782. The summed E-state index contributed by atoms with van der Waals surface area (Å²) >= 11 is 0. The zero-order valence-corrected chi connectivity index (χ0v) is 10.4. The van der Waals surface area contributed by atoms with E-state index in [4.69, 9.17) is 0 Å². The molecule has 1 fully saturated rings. The van der Waals surface area contributed by atoms with Crippen molar-refractivity contribution in [3.63, 3.8) is 0 Å². The van der Waals surface area contributed by atoms with Crippen LogP contribution in [0.4, 0.5) is 19.0 Å². The number of aryl methyl sites for hydroxylation is 1. The lowest BCUT2D eigenvalue weighted by Crippen LogP contribution is -2.49. The summed E-state index contributed by atoms with van der Waals surface area (Å²) in [5.74, 6) is -0.799. The second kappa shape index (κ2) is 4.84. The lowest BCUT2D eigenvalue weighted by molar-refractivity contribution is -0.213. The fourth-order valence-electron chi connectivity index (χ4n) is 2.18. The average molecular weight is 276 g/mol. The molecule has 3 N–H and O–H groups in total. The van der Waals surface area contributed by atoms with Crippen molar-refractivity contribution in [2.75, 3.05) is 18.4 Å². The molecule has 1 atom stereocenters. The molecule has 0 saturated carbocycles. The monoisotopic (exact) mass is 276 g/mol. The van der Waals surface area contributed by atoms with Crippen LogP contribution in [0.15, 0.2) is 6.20 Å². The number of alkyl halides is 3. The van der Waals surface area contributed by atoms with Gasteiger partial charge in [-0.25, -0.2) is 0 Å². The maximum absolute atomic E-state index is 13.2. The SMILES string of the molecule is CCc1cn[nH]c1NC(=O)C1(C(F)(F)F)CCNC1. The van der Waals surface area contributed by atoms with Crippen molar-refractivity contribution >= 4 is 11.7 Å². The van der Waals surface area contributed by atoms with Gasteiger partial charge in [0.15, 0.2) is 5.41 Å². The van der Waals surface area contributed by atoms with Gasteiger partial charge in [-0.3, -0.25) is 9.89 Å². The Labute approximate surface area is 108 Å². The summed E-state index contributed by atoms with van der Waals surface area (Å²) in [6, 6.07) is 0. The van der Waals surface area contributed by atoms with Gasteiger partial charge in [0.2, 0.25) is 5.91 Å². The minimum atomic E-state index is -4.58. The number of amides is 1. The Kier molecular flexibility index (Phi) is 3.53. The summed E-state index contributed by atoms with van der Waals surface area (Å²) < 4.78 is 39.5. The van der Waals surface area contributed by atoms with E-state index in [1.807, 2.05) is 6.92 Å². The highest BCUT2D eigenvalue weighted by Gasteiger charge is 2.61. The third kappa shape index (κ3) is 2.32. The highest BCUT2D eigenvalue weighted by atomic mass is 19.4. The molecule has 0 bridgehead atoms. The van der Waals surface area contributed by atoms with E-state index in [-0.39, 0.29) is 18.8 Å². The van der Waals surface area contributed by atoms with Crippen molar-refractivity contribution in [2.24, 2.45) is 5.41 Å². The van der Waals surface area contributed by atoms with E-state index in [9.17, 15) is 18.0 Å². The summed E-state index contributed by atoms with van der Waals surface area (Å²) in [5, 5.41) is 11.1. The van der Waals surface area contributed by atoms with Crippen LogP contribution in [0.25, 0.3) is 0 Å². The molecule has 1 saturated heterocycles. The number of nitrogens with zero attached hydrogens (tertiary/aromatic N) is 1. The van der Waals surface area contributed by atoms with Gasteiger partial charge in [-0.05, 0) is 19.4 Å². The van der Waals surface area contributed by atoms with Crippen molar-refractivity contribution in [3.05, 3.63) is 11.8 Å². The number of halogens is 3. The molecule has 0 aliphatic carbocycles. The molecule has 1 aromatic rings. The molecule has 1 unspecified atom stereocenters. The van der Waals surface area contributed by atoms with Gasteiger partial charge in [0.05, 0.1) is 6.20 Å². The Morgan fingerprint density at radius 2 is 2.32 bits per heavy atom. The maximum atomic E-state index is 13.2. The van der Waals surface area contributed by atoms with Gasteiger partial charge in [-0.1, -0.05) is 6.92 Å². The fraction of sp³-hybridized carbons (Fsp3) is 0.636. The van der Waals surface area contributed by atoms with Gasteiger partial charge in [-0.15, -0.1) is 0 Å². The van der Waals surface area contributed by atoms with Gasteiger partial charge < -0.3 is 10.6 Å². The molecule has 0 radical (unpaired) electrons. The van der Waals surface area contributed by atoms with E-state index >= 15 is 0 Å². The number of anilines is 1. The van der Waals surface area contributed by atoms with Crippen LogP contribution in [-0.4, -0.2) is 35.4 Å². The van der Waals surface area contributed by atoms with Crippen LogP contribution in [0.3, 0.4) is 0 Å². The molecule has 1 aliphatic rings. The van der Waals surface area contributed by atoms with Crippen LogP contribution in [-0.2, 0) is 11.2 Å². The molecule has 0 spiro atoms. The van der Waals surface area contributed by atoms with Crippen molar-refractivity contribution < 1.29 is 18.0 Å². The van der Waals surface area contributed by atoms with Crippen LogP contribution in [0.5, 0.6) is 0 Å². The number of hydrogen-bond donors (Lipinski definition) is 3. The van der Waals surface area contributed by atoms with Gasteiger partial charge in [0, 0.05) is 12.1 Å². The lowest BCUT2D eigenvalue weighted by Gasteiger charge is -2.29. The molecule has 8 heteroatoms. The van der Waals surface area contributed by atoms with Gasteiger partial charge >= 0.3 is 6.18 Å². The first-order chi connectivity index (χ1) is 8.90. The molecule has 5 nitrogen and oxygen atoms in total. The molecule has 1 aromatic heterocycles. The molecule has 1 aliphatic heterocycles. The van der Waals surface area contributed by atoms with Crippen LogP contribution >= 0.6 is 0 Å². The van der Waals surface area contributed by atoms with Gasteiger partial charge in [-0.2, -0.15) is 18.3 Å². The van der Waals surface area contributed by atoms with Crippen molar-refractivity contribution in [1.29, 1.82) is 0 Å². The molecule has 1 amide bonds. The van der Waals surface area contributed by atoms with Crippen molar-refractivity contribution in [2.45, 2.75) is 25.9 Å². The Hall–Kier alpha value is -1.57. The van der Waals surface area contributed by atoms with E-state index in [1.165, 1.54) is 6.20 Å². The molecule has 2 rings (SSSR count). The minimum absolute atomic E-state index is 0.177. The molecular formula is C11H15F3N4O. The summed E-state index contributed by atoms with van der Waals surface area (Å²) in [7, 11) is 0. The minimum Gasteiger partial charge on any atom is -0.315 e. The van der Waals surface area contributed by atoms with Crippen LogP contribution in [0.1, 0.15) is 18.9 Å². The van der Waals surface area contributed by atoms with Gasteiger partial charge in [0.1, 0.15) is 5.82 Å². The number of carbonyl (C=O) groups is 1. The molecular weight excluding hydrogens is 261 g/mol. The third-order valence-corrected chi connectivity index (χ3v) is 3.47. The summed E-state index contributed by atoms with van der Waals surface area (Å²) in [6.07, 6.45) is -2.77. The Balaban J connectivity index is 2.22. The first-order valence-corrected chi connectivity index (χ1v) is 6.02. The number of aromatic nitrogens is 2. The van der Waals surface area contributed by atoms with Crippen molar-refractivity contribution in [1.82, 2.24) is 15.5 Å². The standard InChI is InChI=1S/C11H15F3N4O/c1-2-7-5-16-18-8(7)17-9(19)10(11(12,13)14)3-4-15-6-10/h5,15H,2-4,6H2,1H3,(H2,16,17,18,19). The first-order valence-electron chi connectivity index (χ1n) is 6.02. The number of hydrogen-bond acceptors (Lipinski definition) is 3. The maximum Gasteiger partial charge on any atom is 0.404 e. The fourth-order valence-corrected chi connectivity index (χ4v) is 2.18. The van der Waals surface area contributed by atoms with Crippen molar-refractivity contribution in [3.8, 4) is 0 Å². The molecule has 2 heterocycles. The Morgan fingerprint density at radius 3 is 2.84 bits per heavy atom. The topological polar surface area (TPSA) is 69.8 Å². The number of carbonyl (C=O) groups excluding carboxylic acids is 1. The van der Waals surface area contributed by atoms with E-state index in [2.05, 4.69) is 20.8 Å². The third-order valence-electron chi connectivity index (χ3n) is 3.47. The smallest absolute Gasteiger partial charge is 0.315 e. The summed E-state index contributed by atoms with van der Waals surface area (Å²) in [5.41, 5.74) is -1.68. The highest BCUT2D eigenvalue weighted by Crippen LogP contribution is 2.43. The van der Waals surface area contributed by atoms with Gasteiger partial charge in [0.25, 0.3) is 0 Å². The second-order valence-corrected chi connectivity index (χ2v) is 4.58. The largest absolute Gasteiger partial charge is 0.404 e. The predicted octanol–water partition coefficient (Wildman–Crippen LogP) is 1.45. The lowest BCUT2D eigenvalue weighted by atomic mass is 9.85. The zero-order chi connectivity index (χ0) is 14.1. The van der Waals surface area contributed by atoms with Crippen LogP contribution < -0.4 is 10.6 Å². The number of rotatable bonds is 3. The Morgan fingerprint density at radius 1 is 1.58 bits per heavy atom. The Bertz CT molecular complexity index is 463. The molecule has 0 aromatic carbocycles. The van der Waals surface area contributed by atoms with E-state index < -0.39 is 24.0 Å². The summed E-state index contributed by atoms with van der Waals surface area (Å²) in [4.78, 5) is 12.0. The number of H-pyrrole nitrogens is 1. The first kappa shape index (κ1) is 13.9. The van der Waals surface area contributed by atoms with E-state index in [0.29, 0.717) is 12.0 Å². The van der Waals surface area contributed by atoms with Crippen LogP contribution in [0, 0.1) is 5.41 Å².